The number of rotatable bonds is 8. The van der Waals surface area contributed by atoms with E-state index in [0.29, 0.717) is 22.8 Å². The number of urea groups is 1. The van der Waals surface area contributed by atoms with E-state index in [9.17, 15) is 9.59 Å². The number of nitrogens with one attached hydrogen (secondary N) is 3. The fraction of sp³-hybridized carbons (Fsp3) is 0.360. The number of amides is 3. The predicted octanol–water partition coefficient (Wildman–Crippen LogP) is 4.87. The zero-order valence-corrected chi connectivity index (χ0v) is 20.6. The molecule has 0 aromatic heterocycles. The van der Waals surface area contributed by atoms with E-state index in [2.05, 4.69) is 43.7 Å². The monoisotopic (exact) mass is 457 g/mol. The van der Waals surface area contributed by atoms with E-state index in [4.69, 9.17) is 11.6 Å². The second kappa shape index (κ2) is 10.2. The average molecular weight is 458 g/mol. The maximum atomic E-state index is 12.7. The summed E-state index contributed by atoms with van der Waals surface area (Å²) in [5.41, 5.74) is 3.13. The maximum absolute atomic E-state index is 12.7. The molecule has 7 heteroatoms. The zero-order chi connectivity index (χ0) is 24.1. The second-order valence-electron chi connectivity index (χ2n) is 9.53. The van der Waals surface area contributed by atoms with Crippen LogP contribution in [0.2, 0.25) is 5.02 Å². The van der Waals surface area contributed by atoms with Gasteiger partial charge in [0.05, 0.1) is 50.4 Å². The lowest BCUT2D eigenvalue weighted by Gasteiger charge is -2.27. The van der Waals surface area contributed by atoms with Crippen LogP contribution in [0.3, 0.4) is 0 Å². The molecular weight excluding hydrogens is 424 g/mol. The van der Waals surface area contributed by atoms with Gasteiger partial charge in [0.15, 0.2) is 0 Å². The number of hydrogen-bond donors (Lipinski definition) is 3. The third-order valence-electron chi connectivity index (χ3n) is 5.04. The first kappa shape index (κ1) is 25.4. The molecule has 0 saturated heterocycles. The fourth-order valence-corrected chi connectivity index (χ4v) is 3.27. The summed E-state index contributed by atoms with van der Waals surface area (Å²) in [6.07, 6.45) is 0. The molecule has 3 N–H and O–H groups in total. The van der Waals surface area contributed by atoms with E-state index in [1.54, 1.807) is 18.2 Å². The van der Waals surface area contributed by atoms with Gasteiger partial charge >= 0.3 is 6.03 Å². The molecule has 32 heavy (non-hydrogen) atoms. The van der Waals surface area contributed by atoms with Crippen LogP contribution < -0.4 is 16.0 Å². The molecule has 0 fully saturated rings. The Morgan fingerprint density at radius 1 is 1.09 bits per heavy atom. The molecule has 6 nitrogen and oxygen atoms in total. The number of quaternary nitrogens is 1. The van der Waals surface area contributed by atoms with E-state index in [1.165, 1.54) is 0 Å². The van der Waals surface area contributed by atoms with Gasteiger partial charge in [0.2, 0.25) is 0 Å². The number of carbonyl (C=O) groups excluding carboxylic acids is 2. The van der Waals surface area contributed by atoms with Gasteiger partial charge in [0, 0.05) is 5.69 Å². The number of benzene rings is 2. The van der Waals surface area contributed by atoms with Gasteiger partial charge in [-0.05, 0) is 56.2 Å². The standard InChI is InChI=1S/C25H33ClN4O2/c1-17(2)18-9-8-10-19(15-18)25(3,4)29-24(32)28-20-11-12-22(26)21(16-20)23(31)27-13-14-30(5,6)7/h8-12,15-16H,1,13-14H2,2-7H3,(H2-,27,28,29,31,32)/p+1. The van der Waals surface area contributed by atoms with Gasteiger partial charge in [-0.3, -0.25) is 4.79 Å². The van der Waals surface area contributed by atoms with Crippen LogP contribution in [0.15, 0.2) is 49.0 Å². The van der Waals surface area contributed by atoms with Crippen LogP contribution >= 0.6 is 11.6 Å². The van der Waals surface area contributed by atoms with Crippen molar-refractivity contribution in [3.05, 3.63) is 70.8 Å². The summed E-state index contributed by atoms with van der Waals surface area (Å²) in [5.74, 6) is -0.274. The van der Waals surface area contributed by atoms with Crippen molar-refractivity contribution < 1.29 is 14.1 Å². The minimum absolute atomic E-state index is 0.274. The van der Waals surface area contributed by atoms with Crippen LogP contribution in [-0.2, 0) is 5.54 Å². The second-order valence-corrected chi connectivity index (χ2v) is 9.94. The molecule has 0 atom stereocenters. The number of carbonyl (C=O) groups is 2. The van der Waals surface area contributed by atoms with Crippen LogP contribution in [-0.4, -0.2) is 50.7 Å². The highest BCUT2D eigenvalue weighted by Gasteiger charge is 2.23. The highest BCUT2D eigenvalue weighted by molar-refractivity contribution is 6.34. The van der Waals surface area contributed by atoms with Gasteiger partial charge < -0.3 is 20.4 Å². The molecule has 0 radical (unpaired) electrons. The molecule has 3 amide bonds. The molecule has 0 saturated carbocycles. The van der Waals surface area contributed by atoms with E-state index < -0.39 is 5.54 Å². The van der Waals surface area contributed by atoms with Crippen LogP contribution in [0.1, 0.15) is 42.3 Å². The molecule has 0 aliphatic carbocycles. The fourth-order valence-electron chi connectivity index (χ4n) is 3.07. The minimum atomic E-state index is -0.618. The molecule has 172 valence electrons. The first-order chi connectivity index (χ1) is 14.8. The molecule has 0 aliphatic rings. The molecule has 2 aromatic carbocycles. The van der Waals surface area contributed by atoms with Crippen molar-refractivity contribution in [2.75, 3.05) is 39.5 Å². The summed E-state index contributed by atoms with van der Waals surface area (Å²) in [6.45, 7) is 11.1. The smallest absolute Gasteiger partial charge is 0.319 e. The summed E-state index contributed by atoms with van der Waals surface area (Å²) in [6, 6.07) is 12.4. The van der Waals surface area contributed by atoms with Crippen molar-refractivity contribution in [1.29, 1.82) is 0 Å². The number of allylic oxidation sites excluding steroid dienone is 1. The predicted molar refractivity (Wildman–Crippen MR) is 133 cm³/mol. The van der Waals surface area contributed by atoms with Gasteiger partial charge in [0.1, 0.15) is 0 Å². The highest BCUT2D eigenvalue weighted by Crippen LogP contribution is 2.24. The minimum Gasteiger partial charge on any atom is -0.346 e. The van der Waals surface area contributed by atoms with Crippen molar-refractivity contribution in [1.82, 2.24) is 10.6 Å². The van der Waals surface area contributed by atoms with Crippen LogP contribution in [0, 0.1) is 0 Å². The summed E-state index contributed by atoms with van der Waals surface area (Å²) in [5, 5.41) is 8.99. The Kier molecular flexibility index (Phi) is 8.10. The third kappa shape index (κ3) is 7.39. The van der Waals surface area contributed by atoms with Crippen molar-refractivity contribution in [3.63, 3.8) is 0 Å². The molecule has 0 heterocycles. The van der Waals surface area contributed by atoms with Crippen LogP contribution in [0.4, 0.5) is 10.5 Å². The van der Waals surface area contributed by atoms with Crippen molar-refractivity contribution in [2.45, 2.75) is 26.3 Å². The lowest BCUT2D eigenvalue weighted by molar-refractivity contribution is -0.869. The number of halogens is 1. The Hall–Kier alpha value is -2.83. The maximum Gasteiger partial charge on any atom is 0.319 e. The van der Waals surface area contributed by atoms with Crippen LogP contribution in [0.25, 0.3) is 5.57 Å². The Bertz CT molecular complexity index is 1010. The Morgan fingerprint density at radius 3 is 2.41 bits per heavy atom. The lowest BCUT2D eigenvalue weighted by atomic mass is 9.92. The quantitative estimate of drug-likeness (QED) is 0.495. The zero-order valence-electron chi connectivity index (χ0n) is 19.8. The van der Waals surface area contributed by atoms with Crippen molar-refractivity contribution in [2.24, 2.45) is 0 Å². The topological polar surface area (TPSA) is 70.2 Å². The van der Waals surface area contributed by atoms with Crippen molar-refractivity contribution in [3.8, 4) is 0 Å². The lowest BCUT2D eigenvalue weighted by Crippen LogP contribution is -2.43. The summed E-state index contributed by atoms with van der Waals surface area (Å²) in [4.78, 5) is 25.2. The van der Waals surface area contributed by atoms with Gasteiger partial charge in [-0.15, -0.1) is 0 Å². The molecule has 0 bridgehead atoms. The van der Waals surface area contributed by atoms with Crippen molar-refractivity contribution >= 4 is 34.8 Å². The number of anilines is 1. The normalized spacial score (nSPS) is 11.6. The molecule has 2 aromatic rings. The first-order valence-electron chi connectivity index (χ1n) is 10.5. The number of likely N-dealkylation sites (N-methyl/N-ethyl adjacent to an activating group) is 1. The molecule has 0 unspecified atom stereocenters. The van der Waals surface area contributed by atoms with E-state index in [-0.39, 0.29) is 11.9 Å². The van der Waals surface area contributed by atoms with Gasteiger partial charge in [0.25, 0.3) is 5.91 Å². The summed E-state index contributed by atoms with van der Waals surface area (Å²) >= 11 is 6.22. The SMILES string of the molecule is C=C(C)c1cccc(C(C)(C)NC(=O)Nc2ccc(Cl)c(C(=O)NCC[N+](C)(C)C)c2)c1. The Morgan fingerprint density at radius 2 is 1.78 bits per heavy atom. The van der Waals surface area contributed by atoms with Gasteiger partial charge in [-0.25, -0.2) is 4.79 Å². The average Bonchev–Trinajstić information content (AvgIpc) is 2.68. The highest BCUT2D eigenvalue weighted by atomic mass is 35.5. The van der Waals surface area contributed by atoms with Gasteiger partial charge in [-0.2, -0.15) is 0 Å². The van der Waals surface area contributed by atoms with Gasteiger partial charge in [-0.1, -0.05) is 42.0 Å². The number of nitrogens with zero attached hydrogens (tertiary/aromatic N) is 1. The Balaban J connectivity index is 2.08. The molecular formula is C25H34ClN4O2+. The first-order valence-corrected chi connectivity index (χ1v) is 10.9. The molecule has 2 rings (SSSR count). The largest absolute Gasteiger partial charge is 0.346 e. The van der Waals surface area contributed by atoms with E-state index in [1.807, 2.05) is 45.0 Å². The summed E-state index contributed by atoms with van der Waals surface area (Å²) in [7, 11) is 6.16. The molecule has 0 spiro atoms. The van der Waals surface area contributed by atoms with E-state index >= 15 is 0 Å². The van der Waals surface area contributed by atoms with E-state index in [0.717, 1.165) is 27.7 Å². The number of hydrogen-bond acceptors (Lipinski definition) is 2. The van der Waals surface area contributed by atoms with Crippen LogP contribution in [0.5, 0.6) is 0 Å². The molecule has 0 aliphatic heterocycles. The summed E-state index contributed by atoms with van der Waals surface area (Å²) < 4.78 is 0.737. The Labute approximate surface area is 196 Å². The third-order valence-corrected chi connectivity index (χ3v) is 5.37.